The molecule has 0 spiro atoms. The van der Waals surface area contributed by atoms with Gasteiger partial charge in [0.15, 0.2) is 5.13 Å². The van der Waals surface area contributed by atoms with Crippen LogP contribution in [0.4, 0.5) is 16.8 Å². The Balaban J connectivity index is 1.54. The topological polar surface area (TPSA) is 95.1 Å². The Hall–Kier alpha value is -3.04. The van der Waals surface area contributed by atoms with Gasteiger partial charge in [-0.15, -0.1) is 0 Å². The molecular weight excluding hydrogens is 446 g/mol. The Kier molecular flexibility index (Phi) is 7.13. The van der Waals surface area contributed by atoms with Gasteiger partial charge >= 0.3 is 0 Å². The fraction of sp³-hybridized carbons (Fsp3) is 0.440. The lowest BCUT2D eigenvalue weighted by Gasteiger charge is -2.28. The van der Waals surface area contributed by atoms with Gasteiger partial charge in [-0.3, -0.25) is 4.79 Å². The van der Waals surface area contributed by atoms with Crippen molar-refractivity contribution >= 4 is 44.4 Å². The van der Waals surface area contributed by atoms with Gasteiger partial charge in [0.05, 0.1) is 0 Å². The van der Waals surface area contributed by atoms with Crippen molar-refractivity contribution in [2.45, 2.75) is 52.7 Å². The Morgan fingerprint density at radius 3 is 2.85 bits per heavy atom. The van der Waals surface area contributed by atoms with Gasteiger partial charge in [-0.2, -0.15) is 0 Å². The zero-order valence-electron chi connectivity index (χ0n) is 20.3. The molecule has 3 N–H and O–H groups in total. The van der Waals surface area contributed by atoms with E-state index in [1.165, 1.54) is 17.4 Å². The first-order chi connectivity index (χ1) is 16.2. The van der Waals surface area contributed by atoms with Crippen LogP contribution in [0.3, 0.4) is 0 Å². The molecule has 1 saturated heterocycles. The van der Waals surface area contributed by atoms with Gasteiger partial charge in [0, 0.05) is 37.9 Å². The number of hydrogen-bond acceptors (Lipinski definition) is 8. The summed E-state index contributed by atoms with van der Waals surface area (Å²) < 4.78 is 0. The summed E-state index contributed by atoms with van der Waals surface area (Å²) in [5.41, 5.74) is 2.14. The van der Waals surface area contributed by atoms with E-state index in [2.05, 4.69) is 72.3 Å². The minimum atomic E-state index is -0.0295. The SMILES string of the molecule is C=CC(=O)N1CC[C@H](Nc2cc(CNC(C)C(C)(C)C)cc(Nc3nc4cccnc4s3)n2)C1. The number of fused-ring (bicyclic) bond motifs is 1. The Morgan fingerprint density at radius 1 is 1.32 bits per heavy atom. The number of carbonyl (C=O) groups excluding carboxylic acids is 1. The van der Waals surface area contributed by atoms with Gasteiger partial charge in [-0.05, 0) is 54.7 Å². The maximum absolute atomic E-state index is 12.0. The summed E-state index contributed by atoms with van der Waals surface area (Å²) in [6, 6.07) is 8.46. The minimum Gasteiger partial charge on any atom is -0.365 e. The molecule has 3 aromatic heterocycles. The van der Waals surface area contributed by atoms with Crippen LogP contribution in [0.1, 0.15) is 39.7 Å². The standard InChI is InChI=1S/C25H33N7OS/c1-6-22(33)32-11-9-18(15-32)28-20-12-17(14-27-16(2)25(3,4)5)13-21(30-20)31-24-29-19-8-7-10-26-23(19)34-24/h6-8,10,12-13,16,18,27H,1,9,11,14-15H2,2-5H3,(H2,28,29,30,31)/t16?,18-/m0/s1. The number of nitrogens with zero attached hydrogens (tertiary/aromatic N) is 4. The van der Waals surface area contributed by atoms with Gasteiger partial charge in [0.25, 0.3) is 0 Å². The Labute approximate surface area is 204 Å². The number of likely N-dealkylation sites (tertiary alicyclic amines) is 1. The van der Waals surface area contributed by atoms with Crippen LogP contribution in [-0.4, -0.2) is 50.9 Å². The number of hydrogen-bond donors (Lipinski definition) is 3. The highest BCUT2D eigenvalue weighted by Gasteiger charge is 2.25. The summed E-state index contributed by atoms with van der Waals surface area (Å²) in [5.74, 6) is 1.47. The highest BCUT2D eigenvalue weighted by molar-refractivity contribution is 7.21. The zero-order valence-corrected chi connectivity index (χ0v) is 21.1. The largest absolute Gasteiger partial charge is 0.365 e. The summed E-state index contributed by atoms with van der Waals surface area (Å²) in [7, 11) is 0. The van der Waals surface area contributed by atoms with Gasteiger partial charge in [0.1, 0.15) is 22.0 Å². The van der Waals surface area contributed by atoms with Crippen molar-refractivity contribution in [3.63, 3.8) is 0 Å². The summed E-state index contributed by atoms with van der Waals surface area (Å²) in [6.45, 7) is 14.6. The minimum absolute atomic E-state index is 0.0295. The molecule has 1 fully saturated rings. The van der Waals surface area contributed by atoms with E-state index in [9.17, 15) is 4.79 Å². The van der Waals surface area contributed by atoms with Gasteiger partial charge in [-0.1, -0.05) is 38.7 Å². The number of aromatic nitrogens is 3. The molecule has 8 nitrogen and oxygen atoms in total. The molecule has 1 unspecified atom stereocenters. The molecule has 1 amide bonds. The van der Waals surface area contributed by atoms with E-state index in [1.54, 1.807) is 6.20 Å². The lowest BCUT2D eigenvalue weighted by atomic mass is 9.88. The van der Waals surface area contributed by atoms with E-state index in [-0.39, 0.29) is 17.4 Å². The van der Waals surface area contributed by atoms with Crippen LogP contribution in [-0.2, 0) is 11.3 Å². The van der Waals surface area contributed by atoms with Crippen molar-refractivity contribution in [3.05, 3.63) is 48.7 Å². The van der Waals surface area contributed by atoms with E-state index in [4.69, 9.17) is 4.98 Å². The van der Waals surface area contributed by atoms with Crippen LogP contribution in [0.15, 0.2) is 43.1 Å². The maximum atomic E-state index is 12.0. The third-order valence-electron chi connectivity index (χ3n) is 6.22. The molecular formula is C25H33N7OS. The predicted octanol–water partition coefficient (Wildman–Crippen LogP) is 4.55. The molecule has 2 atom stereocenters. The van der Waals surface area contributed by atoms with E-state index in [0.717, 1.165) is 52.2 Å². The van der Waals surface area contributed by atoms with E-state index < -0.39 is 0 Å². The van der Waals surface area contributed by atoms with Crippen LogP contribution in [0.2, 0.25) is 0 Å². The molecule has 0 radical (unpaired) electrons. The molecule has 1 aliphatic heterocycles. The molecule has 180 valence electrons. The zero-order chi connectivity index (χ0) is 24.3. The van der Waals surface area contributed by atoms with E-state index in [1.807, 2.05) is 17.0 Å². The number of pyridine rings is 2. The number of carbonyl (C=O) groups is 1. The molecule has 34 heavy (non-hydrogen) atoms. The lowest BCUT2D eigenvalue weighted by Crippen LogP contribution is -2.37. The second kappa shape index (κ2) is 10.1. The first kappa shape index (κ1) is 24.1. The predicted molar refractivity (Wildman–Crippen MR) is 139 cm³/mol. The average molecular weight is 480 g/mol. The van der Waals surface area contributed by atoms with Crippen LogP contribution in [0.25, 0.3) is 10.3 Å². The van der Waals surface area contributed by atoms with Crippen molar-refractivity contribution < 1.29 is 4.79 Å². The molecule has 0 bridgehead atoms. The molecule has 4 heterocycles. The number of amides is 1. The highest BCUT2D eigenvalue weighted by Crippen LogP contribution is 2.28. The first-order valence-electron chi connectivity index (χ1n) is 11.6. The fourth-order valence-electron chi connectivity index (χ4n) is 3.75. The van der Waals surface area contributed by atoms with Crippen molar-refractivity contribution in [1.29, 1.82) is 0 Å². The normalized spacial score (nSPS) is 17.1. The molecule has 3 aromatic rings. The smallest absolute Gasteiger partial charge is 0.246 e. The quantitative estimate of drug-likeness (QED) is 0.408. The monoisotopic (exact) mass is 479 g/mol. The number of nitrogens with one attached hydrogen (secondary N) is 3. The second-order valence-corrected chi connectivity index (χ2v) is 10.8. The molecule has 0 aliphatic carbocycles. The summed E-state index contributed by atoms with van der Waals surface area (Å²) >= 11 is 1.50. The highest BCUT2D eigenvalue weighted by atomic mass is 32.1. The fourth-order valence-corrected chi connectivity index (χ4v) is 4.57. The van der Waals surface area contributed by atoms with Crippen LogP contribution in [0.5, 0.6) is 0 Å². The van der Waals surface area contributed by atoms with Crippen molar-refractivity contribution in [1.82, 2.24) is 25.2 Å². The summed E-state index contributed by atoms with van der Waals surface area (Å²) in [4.78, 5) is 28.5. The van der Waals surface area contributed by atoms with Crippen molar-refractivity contribution in [2.24, 2.45) is 5.41 Å². The van der Waals surface area contributed by atoms with Gasteiger partial charge < -0.3 is 20.9 Å². The van der Waals surface area contributed by atoms with Crippen LogP contribution < -0.4 is 16.0 Å². The Morgan fingerprint density at radius 2 is 2.12 bits per heavy atom. The Bertz CT molecular complexity index is 1140. The third kappa shape index (κ3) is 5.90. The average Bonchev–Trinajstić information content (AvgIpc) is 3.42. The van der Waals surface area contributed by atoms with Gasteiger partial charge in [-0.25, -0.2) is 15.0 Å². The van der Waals surface area contributed by atoms with Crippen LogP contribution >= 0.6 is 11.3 Å². The van der Waals surface area contributed by atoms with E-state index in [0.29, 0.717) is 12.6 Å². The van der Waals surface area contributed by atoms with Gasteiger partial charge in [0.2, 0.25) is 5.91 Å². The first-order valence-corrected chi connectivity index (χ1v) is 12.4. The van der Waals surface area contributed by atoms with Crippen molar-refractivity contribution in [2.75, 3.05) is 23.7 Å². The summed E-state index contributed by atoms with van der Waals surface area (Å²) in [5, 5.41) is 11.3. The number of rotatable bonds is 8. The molecule has 0 saturated carbocycles. The van der Waals surface area contributed by atoms with Crippen molar-refractivity contribution in [3.8, 4) is 0 Å². The molecule has 4 rings (SSSR count). The molecule has 0 aromatic carbocycles. The maximum Gasteiger partial charge on any atom is 0.246 e. The lowest BCUT2D eigenvalue weighted by molar-refractivity contribution is -0.125. The van der Waals surface area contributed by atoms with Crippen LogP contribution in [0, 0.1) is 5.41 Å². The number of thiazole rings is 1. The summed E-state index contributed by atoms with van der Waals surface area (Å²) in [6.07, 6.45) is 4.02. The molecule has 9 heteroatoms. The second-order valence-electron chi connectivity index (χ2n) is 9.80. The molecule has 1 aliphatic rings. The number of anilines is 3. The van der Waals surface area contributed by atoms with E-state index >= 15 is 0 Å². The third-order valence-corrected chi connectivity index (χ3v) is 7.12.